The number of esters is 1. The summed E-state index contributed by atoms with van der Waals surface area (Å²) in [5.74, 6) is -1.75. The largest absolute Gasteiger partial charge is 0.481 e. The Bertz CT molecular complexity index is 610. The van der Waals surface area contributed by atoms with Crippen LogP contribution in [0.4, 0.5) is 5.13 Å². The fraction of sp³-hybridized carbons (Fsp3) is 0.545. The summed E-state index contributed by atoms with van der Waals surface area (Å²) in [7, 11) is -2.81. The Kier molecular flexibility index (Phi) is 6.09. The second kappa shape index (κ2) is 7.36. The number of carboxylic acid groups (broad SMARTS) is 1. The second-order valence-corrected chi connectivity index (χ2v) is 7.06. The Morgan fingerprint density at radius 1 is 1.52 bits per heavy atom. The highest BCUT2D eigenvalue weighted by molar-refractivity contribution is 7.94. The first kappa shape index (κ1) is 17.4. The van der Waals surface area contributed by atoms with Crippen molar-refractivity contribution >= 4 is 38.4 Å². The van der Waals surface area contributed by atoms with Crippen molar-refractivity contribution in [2.75, 3.05) is 11.8 Å². The summed E-state index contributed by atoms with van der Waals surface area (Å²) in [6.07, 6.45) is 0.888. The van der Waals surface area contributed by atoms with Gasteiger partial charge >= 0.3 is 11.9 Å². The molecule has 0 saturated carbocycles. The number of thiazole rings is 1. The maximum absolute atomic E-state index is 11.9. The number of ether oxygens (including phenoxy) is 1. The predicted octanol–water partition coefficient (Wildman–Crippen LogP) is 0.854. The van der Waals surface area contributed by atoms with Gasteiger partial charge in [0.15, 0.2) is 10.4 Å². The molecule has 0 spiro atoms. The Morgan fingerprint density at radius 2 is 2.19 bits per heavy atom. The van der Waals surface area contributed by atoms with Gasteiger partial charge in [0.1, 0.15) is 0 Å². The van der Waals surface area contributed by atoms with Crippen LogP contribution in [-0.2, 0) is 30.8 Å². The highest BCUT2D eigenvalue weighted by atomic mass is 32.2. The van der Waals surface area contributed by atoms with Gasteiger partial charge in [0, 0.05) is 11.8 Å². The number of hydrogen-bond donors (Lipinski definition) is 2. The number of methoxy groups -OCH3 is 1. The maximum atomic E-state index is 11.9. The molecule has 1 aromatic rings. The second-order valence-electron chi connectivity index (χ2n) is 4.20. The van der Waals surface area contributed by atoms with E-state index >= 15 is 0 Å². The number of hydrogen-bond acceptors (Lipinski definition) is 7. The summed E-state index contributed by atoms with van der Waals surface area (Å²) in [6.45, 7) is 1.22. The van der Waals surface area contributed by atoms with Crippen molar-refractivity contribution in [2.45, 2.75) is 31.4 Å². The molecule has 10 heteroatoms. The molecule has 1 heterocycles. The third kappa shape index (κ3) is 5.31. The summed E-state index contributed by atoms with van der Waals surface area (Å²) in [4.78, 5) is 25.7. The van der Waals surface area contributed by atoms with Crippen molar-refractivity contribution < 1.29 is 27.9 Å². The topological polar surface area (TPSA) is 123 Å². The van der Waals surface area contributed by atoms with Gasteiger partial charge in [-0.15, -0.1) is 11.3 Å². The molecule has 0 aromatic carbocycles. The number of nitrogens with zero attached hydrogens (tertiary/aromatic N) is 1. The number of aryl methyl sites for hydroxylation is 1. The average Bonchev–Trinajstić information content (AvgIpc) is 2.83. The first-order valence-electron chi connectivity index (χ1n) is 6.02. The standard InChI is InChI=1S/C11H16N2O6S2/c1-7(10(16)19-2)21(17,18)13-11-12-8(6-20-11)4-3-5-9(14)15/h6-7H,3-5H2,1-2H3,(H,12,13)(H,14,15). The fourth-order valence-electron chi connectivity index (χ4n) is 1.39. The number of anilines is 1. The Hall–Kier alpha value is -1.68. The summed E-state index contributed by atoms with van der Waals surface area (Å²) in [5, 5.41) is 8.96. The molecule has 0 radical (unpaired) electrons. The number of carboxylic acids is 1. The lowest BCUT2D eigenvalue weighted by Crippen LogP contribution is -2.33. The number of carbonyl (C=O) groups is 2. The molecule has 0 aliphatic heterocycles. The third-order valence-corrected chi connectivity index (χ3v) is 5.14. The van der Waals surface area contributed by atoms with Crippen molar-refractivity contribution in [3.05, 3.63) is 11.1 Å². The van der Waals surface area contributed by atoms with Crippen LogP contribution in [0.25, 0.3) is 0 Å². The smallest absolute Gasteiger partial charge is 0.325 e. The van der Waals surface area contributed by atoms with E-state index in [1.165, 1.54) is 6.92 Å². The molecule has 21 heavy (non-hydrogen) atoms. The molecule has 0 fully saturated rings. The molecule has 0 saturated heterocycles. The Balaban J connectivity index is 2.65. The number of aromatic nitrogens is 1. The van der Waals surface area contributed by atoms with E-state index in [9.17, 15) is 18.0 Å². The SMILES string of the molecule is COC(=O)C(C)S(=O)(=O)Nc1nc(CCCC(=O)O)cs1. The van der Waals surface area contributed by atoms with E-state index in [0.29, 0.717) is 18.5 Å². The van der Waals surface area contributed by atoms with Crippen molar-refractivity contribution in [2.24, 2.45) is 0 Å². The van der Waals surface area contributed by atoms with E-state index in [-0.39, 0.29) is 11.6 Å². The molecule has 0 aliphatic carbocycles. The molecule has 8 nitrogen and oxygen atoms in total. The monoisotopic (exact) mass is 336 g/mol. The first-order valence-corrected chi connectivity index (χ1v) is 8.44. The average molecular weight is 336 g/mol. The lowest BCUT2D eigenvalue weighted by atomic mass is 10.2. The maximum Gasteiger partial charge on any atom is 0.325 e. The van der Waals surface area contributed by atoms with Crippen LogP contribution in [0.1, 0.15) is 25.5 Å². The molecule has 0 aliphatic rings. The molecular weight excluding hydrogens is 320 g/mol. The van der Waals surface area contributed by atoms with E-state index in [4.69, 9.17) is 5.11 Å². The lowest BCUT2D eigenvalue weighted by molar-refractivity contribution is -0.140. The van der Waals surface area contributed by atoms with E-state index in [2.05, 4.69) is 14.4 Å². The summed E-state index contributed by atoms with van der Waals surface area (Å²) >= 11 is 1.07. The molecule has 0 amide bonds. The normalized spacial score (nSPS) is 12.7. The van der Waals surface area contributed by atoms with Gasteiger partial charge in [-0.1, -0.05) is 0 Å². The van der Waals surface area contributed by atoms with Gasteiger partial charge in [-0.2, -0.15) is 0 Å². The quantitative estimate of drug-likeness (QED) is 0.675. The molecule has 118 valence electrons. The minimum Gasteiger partial charge on any atom is -0.481 e. The van der Waals surface area contributed by atoms with E-state index in [1.54, 1.807) is 5.38 Å². The summed E-state index contributed by atoms with van der Waals surface area (Å²) in [5.41, 5.74) is 0.602. The van der Waals surface area contributed by atoms with Crippen LogP contribution in [0, 0.1) is 0 Å². The number of carbonyl (C=O) groups excluding carboxylic acids is 1. The lowest BCUT2D eigenvalue weighted by Gasteiger charge is -2.10. The molecule has 1 rings (SSSR count). The molecule has 1 atom stereocenters. The molecule has 1 aromatic heterocycles. The van der Waals surface area contributed by atoms with Gasteiger partial charge in [0.05, 0.1) is 12.8 Å². The Morgan fingerprint density at radius 3 is 2.76 bits per heavy atom. The zero-order chi connectivity index (χ0) is 16.0. The van der Waals surface area contributed by atoms with E-state index in [1.807, 2.05) is 0 Å². The van der Waals surface area contributed by atoms with Crippen LogP contribution < -0.4 is 4.72 Å². The van der Waals surface area contributed by atoms with Crippen LogP contribution in [0.5, 0.6) is 0 Å². The molecular formula is C11H16N2O6S2. The highest BCUT2D eigenvalue weighted by Crippen LogP contribution is 2.19. The van der Waals surface area contributed by atoms with Crippen molar-refractivity contribution in [1.29, 1.82) is 0 Å². The van der Waals surface area contributed by atoms with Gasteiger partial charge in [-0.05, 0) is 19.8 Å². The highest BCUT2D eigenvalue weighted by Gasteiger charge is 2.29. The van der Waals surface area contributed by atoms with Gasteiger partial charge in [0.25, 0.3) is 0 Å². The van der Waals surface area contributed by atoms with Crippen molar-refractivity contribution in [3.8, 4) is 0 Å². The fourth-order valence-corrected chi connectivity index (χ4v) is 3.34. The molecule has 2 N–H and O–H groups in total. The van der Waals surface area contributed by atoms with Gasteiger partial charge in [0.2, 0.25) is 10.0 Å². The number of rotatable bonds is 8. The van der Waals surface area contributed by atoms with Gasteiger partial charge in [-0.3, -0.25) is 14.3 Å². The van der Waals surface area contributed by atoms with Crippen molar-refractivity contribution in [1.82, 2.24) is 4.98 Å². The van der Waals surface area contributed by atoms with Crippen LogP contribution in [-0.4, -0.2) is 42.8 Å². The van der Waals surface area contributed by atoms with E-state index < -0.39 is 27.2 Å². The van der Waals surface area contributed by atoms with Crippen LogP contribution in [0.2, 0.25) is 0 Å². The van der Waals surface area contributed by atoms with Gasteiger partial charge in [-0.25, -0.2) is 13.4 Å². The predicted molar refractivity (Wildman–Crippen MR) is 76.7 cm³/mol. The first-order chi connectivity index (χ1) is 9.76. The summed E-state index contributed by atoms with van der Waals surface area (Å²) < 4.78 is 30.4. The van der Waals surface area contributed by atoms with Crippen molar-refractivity contribution in [3.63, 3.8) is 0 Å². The van der Waals surface area contributed by atoms with Crippen LogP contribution in [0.15, 0.2) is 5.38 Å². The number of sulfonamides is 1. The molecule has 0 bridgehead atoms. The minimum atomic E-state index is -3.92. The third-order valence-electron chi connectivity index (χ3n) is 2.60. The zero-order valence-electron chi connectivity index (χ0n) is 11.5. The van der Waals surface area contributed by atoms with Gasteiger partial charge < -0.3 is 9.84 Å². The summed E-state index contributed by atoms with van der Waals surface area (Å²) in [6, 6.07) is 0. The molecule has 1 unspecified atom stereocenters. The number of aliphatic carboxylic acids is 1. The van der Waals surface area contributed by atoms with Crippen LogP contribution in [0.3, 0.4) is 0 Å². The number of nitrogens with one attached hydrogen (secondary N) is 1. The van der Waals surface area contributed by atoms with E-state index in [0.717, 1.165) is 18.4 Å². The zero-order valence-corrected chi connectivity index (χ0v) is 13.2. The minimum absolute atomic E-state index is 0.0258. The van der Waals surface area contributed by atoms with Crippen LogP contribution >= 0.6 is 11.3 Å². The Labute approximate surface area is 126 Å².